The fourth-order valence-corrected chi connectivity index (χ4v) is 2.41. The molecule has 8 nitrogen and oxygen atoms in total. The molecule has 0 saturated heterocycles. The number of hydrogen-bond acceptors (Lipinski definition) is 6. The monoisotopic (exact) mass is 371 g/mol. The van der Waals surface area contributed by atoms with E-state index in [9.17, 15) is 9.59 Å². The topological polar surface area (TPSA) is 97.3 Å². The molecule has 0 aromatic carbocycles. The highest BCUT2D eigenvalue weighted by Gasteiger charge is 2.18. The van der Waals surface area contributed by atoms with Crippen molar-refractivity contribution in [2.24, 2.45) is 0 Å². The molecular weight excluding hydrogens is 346 g/mol. The average molecular weight is 371 g/mol. The van der Waals surface area contributed by atoms with Gasteiger partial charge in [-0.15, -0.1) is 0 Å². The van der Waals surface area contributed by atoms with Gasteiger partial charge in [-0.25, -0.2) is 4.98 Å². The molecule has 2 aromatic rings. The highest BCUT2D eigenvalue weighted by molar-refractivity contribution is 5.92. The van der Waals surface area contributed by atoms with Crippen LogP contribution in [0.15, 0.2) is 36.9 Å². The van der Waals surface area contributed by atoms with Crippen LogP contribution >= 0.6 is 0 Å². The maximum absolute atomic E-state index is 12.7. The van der Waals surface area contributed by atoms with Gasteiger partial charge in [0.2, 0.25) is 5.91 Å². The normalized spacial score (nSPS) is 10.4. The predicted molar refractivity (Wildman–Crippen MR) is 99.9 cm³/mol. The molecule has 0 unspecified atom stereocenters. The lowest BCUT2D eigenvalue weighted by atomic mass is 10.2. The molecule has 0 spiro atoms. The fourth-order valence-electron chi connectivity index (χ4n) is 2.41. The first-order chi connectivity index (χ1) is 13.1. The van der Waals surface area contributed by atoms with Crippen LogP contribution < -0.4 is 5.32 Å². The van der Waals surface area contributed by atoms with Gasteiger partial charge in [0, 0.05) is 58.4 Å². The highest BCUT2D eigenvalue weighted by Crippen LogP contribution is 2.05. The second kappa shape index (κ2) is 11.0. The Bertz CT molecular complexity index is 722. The standard InChI is InChI=1S/C19H25N5O3/c1-15-12-22-17(14-21-15)19(26)24(9-3-11-27-2)10-6-18(25)23-13-16-4-7-20-8-5-16/h4-5,7-8,12,14H,3,6,9-11,13H2,1-2H3,(H,23,25). The van der Waals surface area contributed by atoms with Gasteiger partial charge < -0.3 is 15.0 Å². The van der Waals surface area contributed by atoms with Crippen LogP contribution in [0.4, 0.5) is 0 Å². The van der Waals surface area contributed by atoms with Crippen LogP contribution in [0.5, 0.6) is 0 Å². The number of pyridine rings is 1. The number of carbonyl (C=O) groups is 2. The van der Waals surface area contributed by atoms with Gasteiger partial charge in [-0.1, -0.05) is 0 Å². The minimum Gasteiger partial charge on any atom is -0.385 e. The molecule has 27 heavy (non-hydrogen) atoms. The van der Waals surface area contributed by atoms with E-state index in [4.69, 9.17) is 4.74 Å². The minimum absolute atomic E-state index is 0.119. The summed E-state index contributed by atoms with van der Waals surface area (Å²) in [6, 6.07) is 3.69. The first-order valence-electron chi connectivity index (χ1n) is 8.82. The van der Waals surface area contributed by atoms with E-state index in [1.165, 1.54) is 6.20 Å². The Morgan fingerprint density at radius 1 is 1.15 bits per heavy atom. The summed E-state index contributed by atoms with van der Waals surface area (Å²) in [4.78, 5) is 38.6. The Morgan fingerprint density at radius 3 is 2.59 bits per heavy atom. The lowest BCUT2D eigenvalue weighted by molar-refractivity contribution is -0.121. The number of nitrogens with one attached hydrogen (secondary N) is 1. The Kier molecular flexibility index (Phi) is 8.31. The summed E-state index contributed by atoms with van der Waals surface area (Å²) in [6.45, 7) is 3.57. The van der Waals surface area contributed by atoms with Crippen molar-refractivity contribution in [3.63, 3.8) is 0 Å². The van der Waals surface area contributed by atoms with Gasteiger partial charge in [-0.3, -0.25) is 19.6 Å². The highest BCUT2D eigenvalue weighted by atomic mass is 16.5. The van der Waals surface area contributed by atoms with Crippen molar-refractivity contribution in [3.05, 3.63) is 53.9 Å². The van der Waals surface area contributed by atoms with E-state index in [0.29, 0.717) is 32.7 Å². The summed E-state index contributed by atoms with van der Waals surface area (Å²) in [7, 11) is 1.62. The molecule has 8 heteroatoms. The van der Waals surface area contributed by atoms with Crippen LogP contribution in [-0.2, 0) is 16.1 Å². The van der Waals surface area contributed by atoms with Crippen molar-refractivity contribution in [1.82, 2.24) is 25.2 Å². The van der Waals surface area contributed by atoms with E-state index in [1.54, 1.807) is 30.6 Å². The van der Waals surface area contributed by atoms with E-state index in [1.807, 2.05) is 19.1 Å². The fraction of sp³-hybridized carbons (Fsp3) is 0.421. The van der Waals surface area contributed by atoms with E-state index in [2.05, 4.69) is 20.3 Å². The third-order valence-electron chi connectivity index (χ3n) is 3.91. The van der Waals surface area contributed by atoms with Crippen molar-refractivity contribution < 1.29 is 14.3 Å². The summed E-state index contributed by atoms with van der Waals surface area (Å²) < 4.78 is 5.06. The number of rotatable bonds is 10. The zero-order valence-electron chi connectivity index (χ0n) is 15.7. The first-order valence-corrected chi connectivity index (χ1v) is 8.82. The molecule has 0 saturated carbocycles. The van der Waals surface area contributed by atoms with E-state index >= 15 is 0 Å². The van der Waals surface area contributed by atoms with Crippen LogP contribution in [0.25, 0.3) is 0 Å². The SMILES string of the molecule is COCCCN(CCC(=O)NCc1ccncc1)C(=O)c1cnc(C)cn1. The van der Waals surface area contributed by atoms with Gasteiger partial charge in [-0.2, -0.15) is 0 Å². The Morgan fingerprint density at radius 2 is 1.93 bits per heavy atom. The smallest absolute Gasteiger partial charge is 0.274 e. The van der Waals surface area contributed by atoms with Crippen LogP contribution in [0.3, 0.4) is 0 Å². The number of aryl methyl sites for hydroxylation is 1. The summed E-state index contributed by atoms with van der Waals surface area (Å²) in [5.41, 5.74) is 1.99. The van der Waals surface area contributed by atoms with Crippen molar-refractivity contribution in [1.29, 1.82) is 0 Å². The van der Waals surface area contributed by atoms with Crippen LogP contribution in [0.2, 0.25) is 0 Å². The number of hydrogen-bond donors (Lipinski definition) is 1. The summed E-state index contributed by atoms with van der Waals surface area (Å²) >= 11 is 0. The second-order valence-electron chi connectivity index (χ2n) is 6.06. The van der Waals surface area contributed by atoms with Gasteiger partial charge in [0.05, 0.1) is 11.9 Å². The van der Waals surface area contributed by atoms with E-state index in [0.717, 1.165) is 11.3 Å². The quantitative estimate of drug-likeness (QED) is 0.634. The second-order valence-corrected chi connectivity index (χ2v) is 6.06. The van der Waals surface area contributed by atoms with Gasteiger partial charge in [0.1, 0.15) is 5.69 Å². The maximum atomic E-state index is 12.7. The number of methoxy groups -OCH3 is 1. The molecule has 0 fully saturated rings. The molecule has 0 bridgehead atoms. The van der Waals surface area contributed by atoms with Gasteiger partial charge >= 0.3 is 0 Å². The third kappa shape index (κ3) is 7.10. The van der Waals surface area contributed by atoms with Crippen molar-refractivity contribution >= 4 is 11.8 Å². The number of amides is 2. The minimum atomic E-state index is -0.236. The Hall–Kier alpha value is -2.87. The lowest BCUT2D eigenvalue weighted by Gasteiger charge is -2.22. The lowest BCUT2D eigenvalue weighted by Crippen LogP contribution is -2.36. The van der Waals surface area contributed by atoms with Crippen molar-refractivity contribution in [2.75, 3.05) is 26.8 Å². The summed E-state index contributed by atoms with van der Waals surface area (Å²) in [6.07, 6.45) is 7.27. The van der Waals surface area contributed by atoms with Gasteiger partial charge in [0.15, 0.2) is 0 Å². The molecule has 0 radical (unpaired) electrons. The molecule has 0 aliphatic carbocycles. The zero-order valence-corrected chi connectivity index (χ0v) is 15.7. The van der Waals surface area contributed by atoms with Crippen LogP contribution in [-0.4, -0.2) is 58.5 Å². The van der Waals surface area contributed by atoms with Crippen molar-refractivity contribution in [3.8, 4) is 0 Å². The van der Waals surface area contributed by atoms with Crippen LogP contribution in [0.1, 0.15) is 34.6 Å². The number of carbonyl (C=O) groups excluding carboxylic acids is 2. The van der Waals surface area contributed by atoms with Crippen LogP contribution in [0, 0.1) is 6.92 Å². The summed E-state index contributed by atoms with van der Waals surface area (Å²) in [5.74, 6) is -0.355. The molecule has 2 rings (SSSR count). The Labute approximate surface area is 159 Å². The number of ether oxygens (including phenoxy) is 1. The van der Waals surface area contributed by atoms with E-state index in [-0.39, 0.29) is 23.9 Å². The zero-order chi connectivity index (χ0) is 19.5. The first kappa shape index (κ1) is 20.4. The predicted octanol–water partition coefficient (Wildman–Crippen LogP) is 1.37. The number of nitrogens with zero attached hydrogens (tertiary/aromatic N) is 4. The van der Waals surface area contributed by atoms with Gasteiger partial charge in [-0.05, 0) is 31.0 Å². The molecule has 0 aliphatic rings. The largest absolute Gasteiger partial charge is 0.385 e. The molecule has 0 aliphatic heterocycles. The Balaban J connectivity index is 1.89. The molecule has 0 atom stereocenters. The number of aromatic nitrogens is 3. The molecule has 2 amide bonds. The molecule has 2 heterocycles. The third-order valence-corrected chi connectivity index (χ3v) is 3.91. The molecule has 2 aromatic heterocycles. The van der Waals surface area contributed by atoms with Crippen molar-refractivity contribution in [2.45, 2.75) is 26.3 Å². The molecule has 144 valence electrons. The molecular formula is C19H25N5O3. The van der Waals surface area contributed by atoms with E-state index < -0.39 is 0 Å². The molecule has 1 N–H and O–H groups in total. The average Bonchev–Trinajstić information content (AvgIpc) is 2.70. The maximum Gasteiger partial charge on any atom is 0.274 e. The summed E-state index contributed by atoms with van der Waals surface area (Å²) in [5, 5.41) is 2.85. The van der Waals surface area contributed by atoms with Gasteiger partial charge in [0.25, 0.3) is 5.91 Å².